The smallest absolute Gasteiger partial charge is 0.185 e. The van der Waals surface area contributed by atoms with Gasteiger partial charge in [0.25, 0.3) is 0 Å². The summed E-state index contributed by atoms with van der Waals surface area (Å²) in [4.78, 5) is 8.97. The maximum atomic E-state index is 6.41. The third-order valence-corrected chi connectivity index (χ3v) is 6.38. The number of nitrogens with zero attached hydrogens (tertiary/aromatic N) is 2. The lowest BCUT2D eigenvalue weighted by Gasteiger charge is -2.32. The van der Waals surface area contributed by atoms with E-state index in [0.29, 0.717) is 5.41 Å². The molecule has 1 unspecified atom stereocenters. The monoisotopic (exact) mass is 305 g/mol. The second-order valence-electron chi connectivity index (χ2n) is 8.25. The Morgan fingerprint density at radius 1 is 1.19 bits per heavy atom. The zero-order chi connectivity index (χ0) is 14.6. The number of thiazole rings is 1. The quantitative estimate of drug-likeness (QED) is 0.901. The fourth-order valence-electron chi connectivity index (χ4n) is 3.57. The first-order chi connectivity index (χ1) is 10.00. The van der Waals surface area contributed by atoms with Gasteiger partial charge in [-0.15, -0.1) is 0 Å². The molecule has 2 fully saturated rings. The van der Waals surface area contributed by atoms with Crippen LogP contribution in [0.25, 0.3) is 0 Å². The van der Waals surface area contributed by atoms with Crippen molar-refractivity contribution in [2.75, 3.05) is 18.0 Å². The van der Waals surface area contributed by atoms with Gasteiger partial charge >= 0.3 is 0 Å². The molecule has 2 saturated carbocycles. The molecule has 4 heteroatoms. The van der Waals surface area contributed by atoms with E-state index in [2.05, 4.69) is 18.7 Å². The maximum Gasteiger partial charge on any atom is 0.185 e. The number of nitrogens with two attached hydrogens (primary N) is 1. The van der Waals surface area contributed by atoms with Gasteiger partial charge in [0.1, 0.15) is 0 Å². The van der Waals surface area contributed by atoms with Gasteiger partial charge in [-0.1, -0.05) is 25.2 Å². The summed E-state index contributed by atoms with van der Waals surface area (Å²) in [5, 5.41) is 1.26. The first-order valence-electron chi connectivity index (χ1n) is 8.50. The van der Waals surface area contributed by atoms with Gasteiger partial charge in [-0.3, -0.25) is 0 Å². The highest BCUT2D eigenvalue weighted by Gasteiger charge is 2.35. The Kier molecular flexibility index (Phi) is 3.30. The Morgan fingerprint density at radius 3 is 2.38 bits per heavy atom. The summed E-state index contributed by atoms with van der Waals surface area (Å²) in [5.74, 6) is 1.85. The van der Waals surface area contributed by atoms with Gasteiger partial charge < -0.3 is 10.6 Å². The molecule has 3 aliphatic rings. The third-order valence-electron chi connectivity index (χ3n) is 5.09. The molecule has 0 aliphatic heterocycles. The summed E-state index contributed by atoms with van der Waals surface area (Å²) in [7, 11) is 0. The molecule has 1 atom stereocenters. The van der Waals surface area contributed by atoms with Crippen molar-refractivity contribution < 1.29 is 0 Å². The van der Waals surface area contributed by atoms with Crippen molar-refractivity contribution in [2.45, 2.75) is 58.4 Å². The van der Waals surface area contributed by atoms with E-state index >= 15 is 0 Å². The fourth-order valence-corrected chi connectivity index (χ4v) is 4.67. The number of anilines is 1. The van der Waals surface area contributed by atoms with Gasteiger partial charge in [-0.2, -0.15) is 0 Å². The molecule has 21 heavy (non-hydrogen) atoms. The summed E-state index contributed by atoms with van der Waals surface area (Å²) < 4.78 is 0. The van der Waals surface area contributed by atoms with Gasteiger partial charge in [0.15, 0.2) is 5.13 Å². The van der Waals surface area contributed by atoms with Gasteiger partial charge in [0.05, 0.1) is 5.69 Å². The van der Waals surface area contributed by atoms with Crippen LogP contribution in [0.3, 0.4) is 0 Å². The molecule has 0 spiro atoms. The summed E-state index contributed by atoms with van der Waals surface area (Å²) in [6.45, 7) is 7.09. The van der Waals surface area contributed by atoms with Gasteiger partial charge in [-0.25, -0.2) is 4.98 Å². The molecular formula is C17H27N3S. The van der Waals surface area contributed by atoms with Gasteiger partial charge in [0, 0.05) is 24.0 Å². The average molecular weight is 305 g/mol. The van der Waals surface area contributed by atoms with Crippen molar-refractivity contribution in [3.8, 4) is 0 Å². The Hall–Kier alpha value is -0.610. The number of fused-ring (bicyclic) bond motifs is 1. The van der Waals surface area contributed by atoms with E-state index in [4.69, 9.17) is 10.7 Å². The Labute approximate surface area is 131 Å². The molecule has 1 aromatic rings. The van der Waals surface area contributed by atoms with Crippen LogP contribution in [0.2, 0.25) is 0 Å². The van der Waals surface area contributed by atoms with Crippen LogP contribution in [0, 0.1) is 17.3 Å². The molecule has 116 valence electrons. The van der Waals surface area contributed by atoms with Crippen molar-refractivity contribution in [3.63, 3.8) is 0 Å². The largest absolute Gasteiger partial charge is 0.348 e. The predicted molar refractivity (Wildman–Crippen MR) is 88.8 cm³/mol. The summed E-state index contributed by atoms with van der Waals surface area (Å²) in [6.07, 6.45) is 7.84. The summed E-state index contributed by atoms with van der Waals surface area (Å²) in [5.41, 5.74) is 8.00. The minimum atomic E-state index is 0.193. The van der Waals surface area contributed by atoms with E-state index in [1.165, 1.54) is 54.5 Å². The zero-order valence-electron chi connectivity index (χ0n) is 13.3. The summed E-state index contributed by atoms with van der Waals surface area (Å²) >= 11 is 1.88. The van der Waals surface area contributed by atoms with E-state index in [9.17, 15) is 0 Å². The fraction of sp³-hybridized carbons (Fsp3) is 0.824. The van der Waals surface area contributed by atoms with Crippen LogP contribution in [0.5, 0.6) is 0 Å². The van der Waals surface area contributed by atoms with Crippen molar-refractivity contribution in [1.82, 2.24) is 4.98 Å². The van der Waals surface area contributed by atoms with Crippen LogP contribution < -0.4 is 10.6 Å². The van der Waals surface area contributed by atoms with Crippen LogP contribution in [0.1, 0.15) is 62.6 Å². The lowest BCUT2D eigenvalue weighted by Crippen LogP contribution is -2.29. The molecule has 3 aliphatic carbocycles. The molecule has 0 radical (unpaired) electrons. The van der Waals surface area contributed by atoms with Crippen LogP contribution in [-0.4, -0.2) is 18.1 Å². The highest BCUT2D eigenvalue weighted by Crippen LogP contribution is 2.45. The normalized spacial score (nSPS) is 27.5. The molecule has 1 heterocycles. The van der Waals surface area contributed by atoms with Crippen LogP contribution >= 0.6 is 11.3 Å². The molecule has 4 rings (SSSR count). The molecule has 3 nitrogen and oxygen atoms in total. The van der Waals surface area contributed by atoms with E-state index in [0.717, 1.165) is 24.7 Å². The Morgan fingerprint density at radius 2 is 1.81 bits per heavy atom. The lowest BCUT2D eigenvalue weighted by molar-refractivity contribution is 0.282. The molecular weight excluding hydrogens is 278 g/mol. The molecule has 0 amide bonds. The molecule has 0 bridgehead atoms. The minimum Gasteiger partial charge on any atom is -0.348 e. The standard InChI is InChI=1S/C17H27N3S/c1-17(2)7-13(18)15-14(8-17)19-16(21-15)20(9-11-3-4-11)10-12-5-6-12/h11-13H,3-10,18H2,1-2H3. The minimum absolute atomic E-state index is 0.193. The second kappa shape index (κ2) is 4.95. The topological polar surface area (TPSA) is 42.2 Å². The predicted octanol–water partition coefficient (Wildman–Crippen LogP) is 3.74. The highest BCUT2D eigenvalue weighted by atomic mass is 32.1. The molecule has 0 aromatic carbocycles. The van der Waals surface area contributed by atoms with E-state index < -0.39 is 0 Å². The van der Waals surface area contributed by atoms with E-state index in [-0.39, 0.29) is 6.04 Å². The molecule has 2 N–H and O–H groups in total. The third kappa shape index (κ3) is 3.11. The van der Waals surface area contributed by atoms with E-state index in [1.807, 2.05) is 11.3 Å². The SMILES string of the molecule is CC1(C)Cc2nc(N(CC3CC3)CC3CC3)sc2C(N)C1. The number of aromatic nitrogens is 1. The van der Waals surface area contributed by atoms with Crippen molar-refractivity contribution in [3.05, 3.63) is 10.6 Å². The summed E-state index contributed by atoms with van der Waals surface area (Å²) in [6, 6.07) is 0.193. The molecule has 1 aromatic heterocycles. The van der Waals surface area contributed by atoms with Crippen LogP contribution in [0.15, 0.2) is 0 Å². The second-order valence-corrected chi connectivity index (χ2v) is 9.26. The Bertz CT molecular complexity index is 514. The first kappa shape index (κ1) is 14.0. The van der Waals surface area contributed by atoms with Gasteiger partial charge in [-0.05, 0) is 55.8 Å². The van der Waals surface area contributed by atoms with Gasteiger partial charge in [0.2, 0.25) is 0 Å². The Balaban J connectivity index is 1.58. The highest BCUT2D eigenvalue weighted by molar-refractivity contribution is 7.15. The van der Waals surface area contributed by atoms with Crippen LogP contribution in [-0.2, 0) is 6.42 Å². The molecule has 0 saturated heterocycles. The van der Waals surface area contributed by atoms with E-state index in [1.54, 1.807) is 0 Å². The number of rotatable bonds is 5. The van der Waals surface area contributed by atoms with Crippen molar-refractivity contribution in [2.24, 2.45) is 23.0 Å². The van der Waals surface area contributed by atoms with Crippen molar-refractivity contribution in [1.29, 1.82) is 0 Å². The average Bonchev–Trinajstić information content (AvgIpc) is 3.29. The van der Waals surface area contributed by atoms with Crippen molar-refractivity contribution >= 4 is 16.5 Å². The number of hydrogen-bond acceptors (Lipinski definition) is 4. The maximum absolute atomic E-state index is 6.41. The lowest BCUT2D eigenvalue weighted by atomic mass is 9.77. The first-order valence-corrected chi connectivity index (χ1v) is 9.32. The number of hydrogen-bond donors (Lipinski definition) is 1. The zero-order valence-corrected chi connectivity index (χ0v) is 14.1. The van der Waals surface area contributed by atoms with Crippen LogP contribution in [0.4, 0.5) is 5.13 Å².